The quantitative estimate of drug-likeness (QED) is 0.439. The average Bonchev–Trinajstić information content (AvgIpc) is 1.77. The van der Waals surface area contributed by atoms with Gasteiger partial charge in [0.1, 0.15) is 6.33 Å². The molecule has 0 aliphatic carbocycles. The summed E-state index contributed by atoms with van der Waals surface area (Å²) in [5, 5.41) is 5.42. The summed E-state index contributed by atoms with van der Waals surface area (Å²) in [6.07, 6.45) is 1.18. The summed E-state index contributed by atoms with van der Waals surface area (Å²) in [4.78, 5) is 13.7. The van der Waals surface area contributed by atoms with E-state index in [4.69, 9.17) is 5.73 Å². The Morgan fingerprint density at radius 2 is 2.50 bits per heavy atom. The number of rotatable bonds is 0. The molecule has 0 aromatic carbocycles. The van der Waals surface area contributed by atoms with Crippen LogP contribution in [0.4, 0.5) is 5.82 Å². The van der Waals surface area contributed by atoms with Crippen LogP contribution in [0.1, 0.15) is 0 Å². The van der Waals surface area contributed by atoms with Gasteiger partial charge in [-0.3, -0.25) is 4.79 Å². The minimum atomic E-state index is -0.451. The molecule has 1 heterocycles. The van der Waals surface area contributed by atoms with E-state index >= 15 is 0 Å². The Morgan fingerprint density at radius 3 is 2.88 bits per heavy atom. The highest BCUT2D eigenvalue weighted by molar-refractivity contribution is 5.19. The van der Waals surface area contributed by atoms with Gasteiger partial charge in [0.15, 0.2) is 5.82 Å². The van der Waals surface area contributed by atoms with Gasteiger partial charge >= 0.3 is 5.56 Å². The van der Waals surface area contributed by atoms with Crippen LogP contribution in [0.5, 0.6) is 0 Å². The Labute approximate surface area is 44.6 Å². The number of nitrogens with one attached hydrogen (secondary N) is 1. The lowest BCUT2D eigenvalue weighted by Crippen LogP contribution is -2.13. The minimum absolute atomic E-state index is 0.0556. The first-order chi connectivity index (χ1) is 3.80. The van der Waals surface area contributed by atoms with Crippen molar-refractivity contribution in [3.8, 4) is 0 Å². The Kier molecular flexibility index (Phi) is 0.957. The molecule has 0 unspecified atom stereocenters. The van der Waals surface area contributed by atoms with Gasteiger partial charge in [-0.2, -0.15) is 5.10 Å². The van der Waals surface area contributed by atoms with Crippen LogP contribution < -0.4 is 11.3 Å². The Balaban J connectivity index is 3.35. The number of anilines is 1. The maximum atomic E-state index is 10.3. The zero-order valence-electron chi connectivity index (χ0n) is 3.96. The molecule has 0 spiro atoms. The SMILES string of the molecule is Nc1ncn[nH]c1=O. The molecule has 3 N–H and O–H groups in total. The van der Waals surface area contributed by atoms with Gasteiger partial charge in [0.25, 0.3) is 0 Å². The molecular weight excluding hydrogens is 108 g/mol. The molecule has 0 bridgehead atoms. The van der Waals surface area contributed by atoms with Crippen LogP contribution in [0.15, 0.2) is 11.1 Å². The van der Waals surface area contributed by atoms with E-state index in [9.17, 15) is 4.79 Å². The van der Waals surface area contributed by atoms with Crippen molar-refractivity contribution in [2.75, 3.05) is 5.73 Å². The van der Waals surface area contributed by atoms with Crippen molar-refractivity contribution in [1.29, 1.82) is 0 Å². The number of aromatic amines is 1. The first-order valence-electron chi connectivity index (χ1n) is 1.96. The van der Waals surface area contributed by atoms with Crippen molar-refractivity contribution in [3.63, 3.8) is 0 Å². The predicted molar refractivity (Wildman–Crippen MR) is 27.1 cm³/mol. The van der Waals surface area contributed by atoms with Gasteiger partial charge in [-0.1, -0.05) is 0 Å². The maximum absolute atomic E-state index is 10.3. The van der Waals surface area contributed by atoms with Crippen LogP contribution in [0, 0.1) is 0 Å². The van der Waals surface area contributed by atoms with Gasteiger partial charge in [0, 0.05) is 0 Å². The van der Waals surface area contributed by atoms with Crippen LogP contribution >= 0.6 is 0 Å². The zero-order valence-corrected chi connectivity index (χ0v) is 3.96. The topological polar surface area (TPSA) is 84.7 Å². The fraction of sp³-hybridized carbons (Fsp3) is 0. The number of aromatic nitrogens is 3. The maximum Gasteiger partial charge on any atom is 0.306 e. The van der Waals surface area contributed by atoms with Crippen molar-refractivity contribution in [2.45, 2.75) is 0 Å². The normalized spacial score (nSPS) is 9.00. The highest BCUT2D eigenvalue weighted by Crippen LogP contribution is 1.72. The molecule has 1 aromatic heterocycles. The number of hydrogen-bond acceptors (Lipinski definition) is 4. The fourth-order valence-corrected chi connectivity index (χ4v) is 0.294. The zero-order chi connectivity index (χ0) is 5.98. The Morgan fingerprint density at radius 1 is 1.75 bits per heavy atom. The lowest BCUT2D eigenvalue weighted by atomic mass is 10.7. The van der Waals surface area contributed by atoms with Crippen LogP contribution in [0.3, 0.4) is 0 Å². The molecule has 1 rings (SSSR count). The van der Waals surface area contributed by atoms with Gasteiger partial charge in [0.05, 0.1) is 0 Å². The number of H-pyrrole nitrogens is 1. The molecule has 0 atom stereocenters. The smallest absolute Gasteiger partial charge is 0.306 e. The second kappa shape index (κ2) is 1.61. The molecule has 42 valence electrons. The van der Waals surface area contributed by atoms with Crippen molar-refractivity contribution >= 4 is 5.82 Å². The molecule has 5 heteroatoms. The number of nitrogen functional groups attached to an aromatic ring is 1. The molecule has 8 heavy (non-hydrogen) atoms. The summed E-state index contributed by atoms with van der Waals surface area (Å²) in [7, 11) is 0. The van der Waals surface area contributed by atoms with Crippen molar-refractivity contribution in [1.82, 2.24) is 15.2 Å². The monoisotopic (exact) mass is 112 g/mol. The van der Waals surface area contributed by atoms with Crippen LogP contribution in [-0.4, -0.2) is 15.2 Å². The lowest BCUT2D eigenvalue weighted by Gasteiger charge is -1.82. The van der Waals surface area contributed by atoms with Crippen LogP contribution in [0.25, 0.3) is 0 Å². The highest BCUT2D eigenvalue weighted by atomic mass is 16.1. The third kappa shape index (κ3) is 0.651. The molecule has 0 amide bonds. The third-order valence-electron chi connectivity index (χ3n) is 0.653. The summed E-state index contributed by atoms with van der Waals surface area (Å²) >= 11 is 0. The Bertz CT molecular complexity index is 229. The first kappa shape index (κ1) is 4.76. The lowest BCUT2D eigenvalue weighted by molar-refractivity contribution is 0.939. The van der Waals surface area contributed by atoms with Crippen LogP contribution in [-0.2, 0) is 0 Å². The van der Waals surface area contributed by atoms with E-state index in [1.54, 1.807) is 0 Å². The van der Waals surface area contributed by atoms with E-state index in [0.717, 1.165) is 0 Å². The molecule has 0 aliphatic heterocycles. The summed E-state index contributed by atoms with van der Waals surface area (Å²) in [5.41, 5.74) is 4.57. The van der Waals surface area contributed by atoms with Crippen molar-refractivity contribution in [3.05, 3.63) is 16.7 Å². The van der Waals surface area contributed by atoms with Crippen LogP contribution in [0.2, 0.25) is 0 Å². The van der Waals surface area contributed by atoms with Gasteiger partial charge in [-0.15, -0.1) is 0 Å². The summed E-state index contributed by atoms with van der Waals surface area (Å²) in [5.74, 6) is -0.0556. The third-order valence-corrected chi connectivity index (χ3v) is 0.653. The molecular formula is C3H4N4O. The van der Waals surface area contributed by atoms with Gasteiger partial charge in [0.2, 0.25) is 0 Å². The average molecular weight is 112 g/mol. The van der Waals surface area contributed by atoms with E-state index in [2.05, 4.69) is 15.2 Å². The minimum Gasteiger partial charge on any atom is -0.379 e. The second-order valence-electron chi connectivity index (χ2n) is 1.20. The molecule has 0 radical (unpaired) electrons. The van der Waals surface area contributed by atoms with E-state index in [-0.39, 0.29) is 5.82 Å². The van der Waals surface area contributed by atoms with Crippen molar-refractivity contribution < 1.29 is 0 Å². The summed E-state index contributed by atoms with van der Waals surface area (Å²) in [6, 6.07) is 0. The molecule has 0 fully saturated rings. The molecule has 0 saturated carbocycles. The summed E-state index contributed by atoms with van der Waals surface area (Å²) in [6.45, 7) is 0. The van der Waals surface area contributed by atoms with Gasteiger partial charge < -0.3 is 5.73 Å². The largest absolute Gasteiger partial charge is 0.379 e. The molecule has 0 saturated heterocycles. The second-order valence-corrected chi connectivity index (χ2v) is 1.20. The molecule has 0 aliphatic rings. The summed E-state index contributed by atoms with van der Waals surface area (Å²) < 4.78 is 0. The first-order valence-corrected chi connectivity index (χ1v) is 1.96. The fourth-order valence-electron chi connectivity index (χ4n) is 0.294. The number of nitrogens with zero attached hydrogens (tertiary/aromatic N) is 2. The number of hydrogen-bond donors (Lipinski definition) is 2. The Hall–Kier alpha value is -1.39. The van der Waals surface area contributed by atoms with Gasteiger partial charge in [-0.05, 0) is 0 Å². The highest BCUT2D eigenvalue weighted by Gasteiger charge is 1.87. The van der Waals surface area contributed by atoms with E-state index < -0.39 is 5.56 Å². The van der Waals surface area contributed by atoms with E-state index in [0.29, 0.717) is 0 Å². The van der Waals surface area contributed by atoms with E-state index in [1.165, 1.54) is 6.33 Å². The predicted octanol–water partition coefficient (Wildman–Crippen LogP) is -1.25. The standard InChI is InChI=1S/C3H4N4O/c4-2-3(8)7-6-1-5-2/h1H,(H,7,8)(H2,4,5,6). The molecule has 5 nitrogen and oxygen atoms in total. The van der Waals surface area contributed by atoms with E-state index in [1.807, 2.05) is 0 Å². The number of nitrogens with two attached hydrogens (primary N) is 1. The molecule has 1 aromatic rings. The van der Waals surface area contributed by atoms with Gasteiger partial charge in [-0.25, -0.2) is 10.1 Å². The van der Waals surface area contributed by atoms with Crippen molar-refractivity contribution in [2.24, 2.45) is 0 Å².